The molecule has 0 radical (unpaired) electrons. The van der Waals surface area contributed by atoms with Crippen LogP contribution in [0.25, 0.3) is 11.2 Å². The normalized spacial score (nSPS) is 26.8. The lowest BCUT2D eigenvalue weighted by molar-refractivity contribution is 0.0539. The van der Waals surface area contributed by atoms with Crippen LogP contribution in [0.2, 0.25) is 0 Å². The maximum atomic E-state index is 5.65. The standard InChI is InChI=1S/C17H24N4O/c1-20-8-6-14(11-20)21-16(10-13-4-3-9-22-12-13)19-15-5-2-7-18-17(15)21/h2,5,7,13-14H,3-4,6,8-12H2,1H3. The predicted octanol–water partition coefficient (Wildman–Crippen LogP) is 2.28. The highest BCUT2D eigenvalue weighted by Gasteiger charge is 2.27. The van der Waals surface area contributed by atoms with Crippen LogP contribution in [0.4, 0.5) is 0 Å². The van der Waals surface area contributed by atoms with Crippen LogP contribution in [0.15, 0.2) is 18.3 Å². The summed E-state index contributed by atoms with van der Waals surface area (Å²) in [7, 11) is 2.20. The van der Waals surface area contributed by atoms with Gasteiger partial charge in [0.2, 0.25) is 0 Å². The van der Waals surface area contributed by atoms with Gasteiger partial charge in [0.1, 0.15) is 11.3 Å². The minimum atomic E-state index is 0.504. The molecule has 2 aromatic rings. The van der Waals surface area contributed by atoms with Gasteiger partial charge in [0, 0.05) is 32.4 Å². The minimum Gasteiger partial charge on any atom is -0.381 e. The van der Waals surface area contributed by atoms with E-state index < -0.39 is 0 Å². The van der Waals surface area contributed by atoms with Crippen LogP contribution in [0.5, 0.6) is 0 Å². The van der Waals surface area contributed by atoms with Gasteiger partial charge in [0.25, 0.3) is 0 Å². The topological polar surface area (TPSA) is 43.2 Å². The van der Waals surface area contributed by atoms with Gasteiger partial charge in [-0.15, -0.1) is 0 Å². The summed E-state index contributed by atoms with van der Waals surface area (Å²) in [6.07, 6.45) is 6.51. The van der Waals surface area contributed by atoms with Crippen molar-refractivity contribution in [3.63, 3.8) is 0 Å². The molecule has 2 aliphatic heterocycles. The van der Waals surface area contributed by atoms with E-state index in [-0.39, 0.29) is 0 Å². The van der Waals surface area contributed by atoms with Gasteiger partial charge >= 0.3 is 0 Å². The molecule has 0 aliphatic carbocycles. The first-order valence-corrected chi connectivity index (χ1v) is 8.39. The zero-order chi connectivity index (χ0) is 14.9. The Hall–Kier alpha value is -1.46. The maximum absolute atomic E-state index is 5.65. The number of likely N-dealkylation sites (tertiary alicyclic amines) is 1. The van der Waals surface area contributed by atoms with E-state index in [1.807, 2.05) is 12.3 Å². The van der Waals surface area contributed by atoms with Crippen molar-refractivity contribution in [3.8, 4) is 0 Å². The number of ether oxygens (including phenoxy) is 1. The van der Waals surface area contributed by atoms with E-state index in [1.54, 1.807) is 0 Å². The van der Waals surface area contributed by atoms with Crippen molar-refractivity contribution < 1.29 is 4.74 Å². The number of pyridine rings is 1. The number of nitrogens with zero attached hydrogens (tertiary/aromatic N) is 4. The zero-order valence-corrected chi connectivity index (χ0v) is 13.2. The molecule has 22 heavy (non-hydrogen) atoms. The van der Waals surface area contributed by atoms with E-state index in [1.165, 1.54) is 25.1 Å². The second-order valence-electron chi connectivity index (χ2n) is 6.74. The molecule has 4 heterocycles. The number of aromatic nitrogens is 3. The molecule has 0 aromatic carbocycles. The fourth-order valence-corrected chi connectivity index (χ4v) is 3.85. The summed E-state index contributed by atoms with van der Waals surface area (Å²) in [6.45, 7) is 4.04. The average molecular weight is 300 g/mol. The SMILES string of the molecule is CN1CCC(n2c(CC3CCCOC3)nc3cccnc32)C1. The van der Waals surface area contributed by atoms with Crippen LogP contribution in [0.1, 0.15) is 31.1 Å². The van der Waals surface area contributed by atoms with Gasteiger partial charge in [0.05, 0.1) is 6.04 Å². The number of hydrogen-bond acceptors (Lipinski definition) is 4. The summed E-state index contributed by atoms with van der Waals surface area (Å²) in [5.41, 5.74) is 2.08. The molecular weight excluding hydrogens is 276 g/mol. The van der Waals surface area contributed by atoms with Gasteiger partial charge < -0.3 is 14.2 Å². The number of likely N-dealkylation sites (N-methyl/N-ethyl adjacent to an activating group) is 1. The Labute approximate surface area is 131 Å². The average Bonchev–Trinajstić information content (AvgIpc) is 3.11. The third-order valence-electron chi connectivity index (χ3n) is 4.98. The van der Waals surface area contributed by atoms with Crippen molar-refractivity contribution >= 4 is 11.2 Å². The Kier molecular flexibility index (Phi) is 3.84. The van der Waals surface area contributed by atoms with Crippen molar-refractivity contribution in [2.45, 2.75) is 31.7 Å². The molecule has 2 saturated heterocycles. The summed E-state index contributed by atoms with van der Waals surface area (Å²) in [5, 5.41) is 0. The summed E-state index contributed by atoms with van der Waals surface area (Å²) >= 11 is 0. The lowest BCUT2D eigenvalue weighted by atomic mass is 9.98. The third-order valence-corrected chi connectivity index (χ3v) is 4.98. The van der Waals surface area contributed by atoms with Gasteiger partial charge in [-0.3, -0.25) is 0 Å². The lowest BCUT2D eigenvalue weighted by Crippen LogP contribution is -2.23. The predicted molar refractivity (Wildman–Crippen MR) is 85.9 cm³/mol. The smallest absolute Gasteiger partial charge is 0.160 e. The largest absolute Gasteiger partial charge is 0.381 e. The quantitative estimate of drug-likeness (QED) is 0.872. The van der Waals surface area contributed by atoms with Crippen LogP contribution in [-0.2, 0) is 11.2 Å². The second-order valence-corrected chi connectivity index (χ2v) is 6.74. The molecule has 2 fully saturated rings. The van der Waals surface area contributed by atoms with Crippen LogP contribution >= 0.6 is 0 Å². The Morgan fingerprint density at radius 1 is 1.36 bits per heavy atom. The monoisotopic (exact) mass is 300 g/mol. The molecule has 2 aliphatic rings. The van der Waals surface area contributed by atoms with Crippen molar-refractivity contribution in [3.05, 3.63) is 24.2 Å². The van der Waals surface area contributed by atoms with E-state index in [0.29, 0.717) is 12.0 Å². The number of hydrogen-bond donors (Lipinski definition) is 0. The Morgan fingerprint density at radius 2 is 2.32 bits per heavy atom. The number of rotatable bonds is 3. The van der Waals surface area contributed by atoms with Crippen molar-refractivity contribution in [2.24, 2.45) is 5.92 Å². The van der Waals surface area contributed by atoms with Gasteiger partial charge in [-0.25, -0.2) is 9.97 Å². The first kappa shape index (κ1) is 14.2. The van der Waals surface area contributed by atoms with E-state index in [0.717, 1.165) is 43.9 Å². The van der Waals surface area contributed by atoms with Crippen LogP contribution in [0.3, 0.4) is 0 Å². The Morgan fingerprint density at radius 3 is 3.09 bits per heavy atom. The zero-order valence-electron chi connectivity index (χ0n) is 13.2. The van der Waals surface area contributed by atoms with Gasteiger partial charge in [0.15, 0.2) is 5.65 Å². The van der Waals surface area contributed by atoms with E-state index in [9.17, 15) is 0 Å². The summed E-state index contributed by atoms with van der Waals surface area (Å²) in [4.78, 5) is 11.9. The lowest BCUT2D eigenvalue weighted by Gasteiger charge is -2.23. The molecule has 2 unspecified atom stereocenters. The Balaban J connectivity index is 1.69. The molecule has 0 N–H and O–H groups in total. The minimum absolute atomic E-state index is 0.504. The molecule has 5 heteroatoms. The molecule has 0 bridgehead atoms. The fourth-order valence-electron chi connectivity index (χ4n) is 3.85. The molecule has 0 saturated carbocycles. The van der Waals surface area contributed by atoms with Gasteiger partial charge in [-0.2, -0.15) is 0 Å². The van der Waals surface area contributed by atoms with Crippen molar-refractivity contribution in [1.29, 1.82) is 0 Å². The molecule has 4 rings (SSSR count). The van der Waals surface area contributed by atoms with Crippen molar-refractivity contribution in [1.82, 2.24) is 19.4 Å². The first-order valence-electron chi connectivity index (χ1n) is 8.39. The second kappa shape index (κ2) is 5.97. The highest BCUT2D eigenvalue weighted by atomic mass is 16.5. The summed E-state index contributed by atoms with van der Waals surface area (Å²) < 4.78 is 8.06. The maximum Gasteiger partial charge on any atom is 0.160 e. The number of imidazole rings is 1. The van der Waals surface area contributed by atoms with Crippen LogP contribution < -0.4 is 0 Å². The summed E-state index contributed by atoms with van der Waals surface area (Å²) in [6, 6.07) is 4.57. The molecule has 0 spiro atoms. The highest BCUT2D eigenvalue weighted by Crippen LogP contribution is 2.28. The van der Waals surface area contributed by atoms with E-state index in [4.69, 9.17) is 9.72 Å². The third kappa shape index (κ3) is 2.63. The molecule has 2 aromatic heterocycles. The summed E-state index contributed by atoms with van der Waals surface area (Å²) in [5.74, 6) is 1.80. The van der Waals surface area contributed by atoms with E-state index in [2.05, 4.69) is 27.6 Å². The highest BCUT2D eigenvalue weighted by molar-refractivity contribution is 5.71. The molecule has 5 nitrogen and oxygen atoms in total. The van der Waals surface area contributed by atoms with Gasteiger partial charge in [-0.05, 0) is 50.9 Å². The van der Waals surface area contributed by atoms with Crippen LogP contribution in [-0.4, -0.2) is 52.8 Å². The number of fused-ring (bicyclic) bond motifs is 1. The fraction of sp³-hybridized carbons (Fsp3) is 0.647. The Bertz CT molecular complexity index is 647. The van der Waals surface area contributed by atoms with Gasteiger partial charge in [-0.1, -0.05) is 0 Å². The molecule has 118 valence electrons. The van der Waals surface area contributed by atoms with Crippen LogP contribution in [0, 0.1) is 5.92 Å². The first-order chi connectivity index (χ1) is 10.8. The van der Waals surface area contributed by atoms with E-state index >= 15 is 0 Å². The molecular formula is C17H24N4O. The van der Waals surface area contributed by atoms with Crippen molar-refractivity contribution in [2.75, 3.05) is 33.4 Å². The molecule has 0 amide bonds. The molecule has 2 atom stereocenters.